The molecule has 0 aliphatic heterocycles. The smallest absolute Gasteiger partial charge is 0.267 e. The molecule has 94 valence electrons. The number of carbonyl (C=O) groups is 1. The molecule has 0 unspecified atom stereocenters. The first-order valence-electron chi connectivity index (χ1n) is 6.51. The van der Waals surface area contributed by atoms with Crippen molar-refractivity contribution in [3.05, 3.63) is 35.0 Å². The molecule has 0 spiro atoms. The molecule has 18 heavy (non-hydrogen) atoms. The summed E-state index contributed by atoms with van der Waals surface area (Å²) >= 11 is 0. The van der Waals surface area contributed by atoms with Gasteiger partial charge in [0.1, 0.15) is 5.69 Å². The quantitative estimate of drug-likeness (QED) is 0.854. The fourth-order valence-electron chi connectivity index (χ4n) is 2.38. The highest BCUT2D eigenvalue weighted by molar-refractivity contribution is 5.98. The van der Waals surface area contributed by atoms with Gasteiger partial charge in [-0.2, -0.15) is 0 Å². The summed E-state index contributed by atoms with van der Waals surface area (Å²) in [6, 6.07) is 6.17. The summed E-state index contributed by atoms with van der Waals surface area (Å²) in [6.45, 7) is 4.96. The highest BCUT2D eigenvalue weighted by Crippen LogP contribution is 2.27. The Morgan fingerprint density at radius 3 is 2.83 bits per heavy atom. The average Bonchev–Trinajstić information content (AvgIpc) is 3.04. The predicted octanol–water partition coefficient (Wildman–Crippen LogP) is 2.92. The molecular weight excluding hydrogens is 224 g/mol. The number of aromatic amines is 1. The summed E-state index contributed by atoms with van der Waals surface area (Å²) in [4.78, 5) is 15.2. The van der Waals surface area contributed by atoms with Gasteiger partial charge in [-0.3, -0.25) is 4.79 Å². The number of fused-ring (bicyclic) bond motifs is 1. The molecule has 1 aliphatic carbocycles. The number of aryl methyl sites for hydroxylation is 2. The van der Waals surface area contributed by atoms with E-state index in [0.717, 1.165) is 17.4 Å². The lowest BCUT2D eigenvalue weighted by Crippen LogP contribution is -2.25. The average molecular weight is 242 g/mol. The second kappa shape index (κ2) is 4.16. The summed E-state index contributed by atoms with van der Waals surface area (Å²) < 4.78 is 0. The van der Waals surface area contributed by atoms with Gasteiger partial charge in [0.05, 0.1) is 0 Å². The second-order valence-corrected chi connectivity index (χ2v) is 5.38. The molecule has 1 amide bonds. The SMILES string of the molecule is Cc1cc(C)c2cc(C(=O)NCC3CC3)[nH]c2c1. The van der Waals surface area contributed by atoms with Gasteiger partial charge in [0.15, 0.2) is 0 Å². The van der Waals surface area contributed by atoms with Crippen LogP contribution in [0, 0.1) is 19.8 Å². The van der Waals surface area contributed by atoms with Crippen molar-refractivity contribution in [2.75, 3.05) is 6.54 Å². The fraction of sp³-hybridized carbons (Fsp3) is 0.400. The van der Waals surface area contributed by atoms with Crippen molar-refractivity contribution in [2.45, 2.75) is 26.7 Å². The number of aromatic nitrogens is 1. The van der Waals surface area contributed by atoms with Crippen LogP contribution in [0.5, 0.6) is 0 Å². The molecule has 2 aromatic rings. The van der Waals surface area contributed by atoms with Crippen LogP contribution in [0.3, 0.4) is 0 Å². The van der Waals surface area contributed by atoms with E-state index in [1.165, 1.54) is 24.0 Å². The van der Waals surface area contributed by atoms with Crippen molar-refractivity contribution in [2.24, 2.45) is 5.92 Å². The summed E-state index contributed by atoms with van der Waals surface area (Å²) in [7, 11) is 0. The van der Waals surface area contributed by atoms with E-state index in [4.69, 9.17) is 0 Å². The molecule has 3 heteroatoms. The second-order valence-electron chi connectivity index (χ2n) is 5.38. The van der Waals surface area contributed by atoms with E-state index in [2.05, 4.69) is 36.3 Å². The molecule has 1 saturated carbocycles. The highest BCUT2D eigenvalue weighted by Gasteiger charge is 2.22. The molecule has 2 N–H and O–H groups in total. The van der Waals surface area contributed by atoms with E-state index >= 15 is 0 Å². The number of rotatable bonds is 3. The van der Waals surface area contributed by atoms with Gasteiger partial charge in [-0.05, 0) is 55.9 Å². The summed E-state index contributed by atoms with van der Waals surface area (Å²) in [6.07, 6.45) is 2.51. The Hall–Kier alpha value is -1.77. The highest BCUT2D eigenvalue weighted by atomic mass is 16.1. The van der Waals surface area contributed by atoms with Gasteiger partial charge in [0.25, 0.3) is 5.91 Å². The van der Waals surface area contributed by atoms with E-state index in [1.54, 1.807) is 0 Å². The lowest BCUT2D eigenvalue weighted by molar-refractivity contribution is 0.0947. The van der Waals surface area contributed by atoms with Gasteiger partial charge in [-0.1, -0.05) is 6.07 Å². The van der Waals surface area contributed by atoms with Gasteiger partial charge >= 0.3 is 0 Å². The lowest BCUT2D eigenvalue weighted by atomic mass is 10.1. The first-order chi connectivity index (χ1) is 8.63. The summed E-state index contributed by atoms with van der Waals surface area (Å²) in [5.74, 6) is 0.720. The Balaban J connectivity index is 1.87. The standard InChI is InChI=1S/C15H18N2O/c1-9-5-10(2)12-7-14(17-13(12)6-9)15(18)16-8-11-3-4-11/h5-7,11,17H,3-4,8H2,1-2H3,(H,16,18). The lowest BCUT2D eigenvalue weighted by Gasteiger charge is -2.00. The zero-order valence-corrected chi connectivity index (χ0v) is 10.8. The number of hydrogen-bond acceptors (Lipinski definition) is 1. The molecule has 3 nitrogen and oxygen atoms in total. The molecular formula is C15H18N2O. The molecule has 0 radical (unpaired) electrons. The van der Waals surface area contributed by atoms with E-state index < -0.39 is 0 Å². The van der Waals surface area contributed by atoms with Crippen molar-refractivity contribution >= 4 is 16.8 Å². The number of nitrogens with one attached hydrogen (secondary N) is 2. The van der Waals surface area contributed by atoms with Gasteiger partial charge in [0.2, 0.25) is 0 Å². The molecule has 1 fully saturated rings. The van der Waals surface area contributed by atoms with Crippen molar-refractivity contribution in [1.29, 1.82) is 0 Å². The topological polar surface area (TPSA) is 44.9 Å². The number of carbonyl (C=O) groups excluding carboxylic acids is 1. The van der Waals surface area contributed by atoms with E-state index in [9.17, 15) is 4.79 Å². The van der Waals surface area contributed by atoms with E-state index in [0.29, 0.717) is 11.6 Å². The summed E-state index contributed by atoms with van der Waals surface area (Å²) in [5, 5.41) is 4.12. The van der Waals surface area contributed by atoms with Crippen LogP contribution in [-0.4, -0.2) is 17.4 Å². The van der Waals surface area contributed by atoms with Crippen molar-refractivity contribution in [1.82, 2.24) is 10.3 Å². The minimum atomic E-state index is 0.00940. The van der Waals surface area contributed by atoms with Crippen molar-refractivity contribution < 1.29 is 4.79 Å². The van der Waals surface area contributed by atoms with Gasteiger partial charge in [-0.15, -0.1) is 0 Å². The monoisotopic (exact) mass is 242 g/mol. The third-order valence-electron chi connectivity index (χ3n) is 3.58. The Labute approximate surface area is 107 Å². The Bertz CT molecular complexity index is 608. The maximum absolute atomic E-state index is 12.0. The largest absolute Gasteiger partial charge is 0.351 e. The normalized spacial score (nSPS) is 15.0. The van der Waals surface area contributed by atoms with Crippen LogP contribution in [0.2, 0.25) is 0 Å². The fourth-order valence-corrected chi connectivity index (χ4v) is 2.38. The molecule has 0 saturated heterocycles. The van der Waals surface area contributed by atoms with E-state index in [1.807, 2.05) is 6.07 Å². The number of H-pyrrole nitrogens is 1. The predicted molar refractivity (Wildman–Crippen MR) is 72.8 cm³/mol. The van der Waals surface area contributed by atoms with Gasteiger partial charge in [0, 0.05) is 17.4 Å². The molecule has 1 aromatic heterocycles. The third-order valence-corrected chi connectivity index (χ3v) is 3.58. The van der Waals surface area contributed by atoms with Gasteiger partial charge < -0.3 is 10.3 Å². The Morgan fingerprint density at radius 1 is 1.33 bits per heavy atom. The minimum absolute atomic E-state index is 0.00940. The van der Waals surface area contributed by atoms with Crippen LogP contribution >= 0.6 is 0 Å². The van der Waals surface area contributed by atoms with Crippen LogP contribution in [0.1, 0.15) is 34.5 Å². The van der Waals surface area contributed by atoms with E-state index in [-0.39, 0.29) is 5.91 Å². The molecule has 3 rings (SSSR count). The molecule has 0 bridgehead atoms. The zero-order chi connectivity index (χ0) is 12.7. The van der Waals surface area contributed by atoms with Gasteiger partial charge in [-0.25, -0.2) is 0 Å². The van der Waals surface area contributed by atoms with Crippen molar-refractivity contribution in [3.63, 3.8) is 0 Å². The Morgan fingerprint density at radius 2 is 2.11 bits per heavy atom. The number of benzene rings is 1. The van der Waals surface area contributed by atoms with Crippen LogP contribution in [0.25, 0.3) is 10.9 Å². The maximum atomic E-state index is 12.0. The van der Waals surface area contributed by atoms with Crippen LogP contribution < -0.4 is 5.32 Å². The van der Waals surface area contributed by atoms with Crippen LogP contribution in [0.4, 0.5) is 0 Å². The van der Waals surface area contributed by atoms with Crippen LogP contribution in [-0.2, 0) is 0 Å². The molecule has 1 aliphatic rings. The minimum Gasteiger partial charge on any atom is -0.351 e. The van der Waals surface area contributed by atoms with Crippen LogP contribution in [0.15, 0.2) is 18.2 Å². The molecule has 0 atom stereocenters. The van der Waals surface area contributed by atoms with Crippen molar-refractivity contribution in [3.8, 4) is 0 Å². The number of amides is 1. The first kappa shape index (κ1) is 11.3. The number of hydrogen-bond donors (Lipinski definition) is 2. The summed E-state index contributed by atoms with van der Waals surface area (Å²) in [5.41, 5.74) is 4.14. The zero-order valence-electron chi connectivity index (χ0n) is 10.8. The molecule has 1 aromatic carbocycles. The Kier molecular flexibility index (Phi) is 2.62. The molecule has 1 heterocycles. The third kappa shape index (κ3) is 2.13. The maximum Gasteiger partial charge on any atom is 0.267 e. The first-order valence-corrected chi connectivity index (χ1v) is 6.51.